The molecule has 1 aliphatic carbocycles. The molecule has 0 saturated heterocycles. The van der Waals surface area contributed by atoms with Crippen molar-refractivity contribution in [3.63, 3.8) is 0 Å². The minimum atomic E-state index is -4.68. The Labute approximate surface area is 119 Å². The summed E-state index contributed by atoms with van der Waals surface area (Å²) in [6.07, 6.45) is -2.55. The Balaban J connectivity index is 2.17. The normalized spacial score (nSPS) is 20.7. The molecule has 3 nitrogen and oxygen atoms in total. The predicted octanol–water partition coefficient (Wildman–Crippen LogP) is 2.66. The molecule has 0 aromatic heterocycles. The van der Waals surface area contributed by atoms with Gasteiger partial charge in [0.2, 0.25) is 0 Å². The van der Waals surface area contributed by atoms with Gasteiger partial charge in [0.15, 0.2) is 12.4 Å². The maximum Gasteiger partial charge on any atom is 0.416 e. The van der Waals surface area contributed by atoms with Crippen molar-refractivity contribution in [1.82, 2.24) is 0 Å². The smallest absolute Gasteiger partial charge is 0.416 e. The molecule has 0 amide bonds. The van der Waals surface area contributed by atoms with Crippen LogP contribution in [0.1, 0.15) is 23.1 Å². The summed E-state index contributed by atoms with van der Waals surface area (Å²) in [6, 6.07) is 3.32. The van der Waals surface area contributed by atoms with Gasteiger partial charge < -0.3 is 14.9 Å². The number of alkyl halides is 3. The van der Waals surface area contributed by atoms with Crippen LogP contribution in [0, 0.1) is 0 Å². The van der Waals surface area contributed by atoms with E-state index in [4.69, 9.17) is 14.9 Å². The van der Waals surface area contributed by atoms with Gasteiger partial charge in [-0.15, -0.1) is 0 Å². The third-order valence-electron chi connectivity index (χ3n) is 3.67. The van der Waals surface area contributed by atoms with E-state index in [0.29, 0.717) is 12.0 Å². The molecule has 1 aliphatic heterocycles. The molecule has 1 aromatic carbocycles. The average molecular weight is 298 g/mol. The van der Waals surface area contributed by atoms with E-state index < -0.39 is 24.1 Å². The second-order valence-corrected chi connectivity index (χ2v) is 5.04. The minimum Gasteiger partial charge on any atom is -0.480 e. The molecule has 2 N–H and O–H groups in total. The van der Waals surface area contributed by atoms with Crippen LogP contribution in [0.2, 0.25) is 0 Å². The van der Waals surface area contributed by atoms with Crippen molar-refractivity contribution in [3.8, 4) is 5.75 Å². The third kappa shape index (κ3) is 2.45. The molecule has 112 valence electrons. The molecule has 1 heterocycles. The van der Waals surface area contributed by atoms with E-state index in [1.807, 2.05) is 12.2 Å². The highest BCUT2D eigenvalue weighted by atomic mass is 19.4. The summed E-state index contributed by atoms with van der Waals surface area (Å²) < 4.78 is 44.5. The lowest BCUT2D eigenvalue weighted by molar-refractivity contribution is -0.145. The first-order chi connectivity index (χ1) is 9.88. The van der Waals surface area contributed by atoms with E-state index in [2.05, 4.69) is 0 Å². The summed E-state index contributed by atoms with van der Waals surface area (Å²) in [4.78, 5) is 0. The first-order valence-corrected chi connectivity index (χ1v) is 6.52. The van der Waals surface area contributed by atoms with E-state index >= 15 is 0 Å². The fourth-order valence-corrected chi connectivity index (χ4v) is 2.70. The first-order valence-electron chi connectivity index (χ1n) is 6.52. The number of rotatable bonds is 1. The molecule has 6 heteroatoms. The van der Waals surface area contributed by atoms with Gasteiger partial charge in [-0.2, -0.15) is 13.2 Å². The number of fused-ring (bicyclic) bond motifs is 3. The number of aliphatic hydroxyl groups excluding tert-OH is 1. The number of ether oxygens (including phenoxy) is 1. The van der Waals surface area contributed by atoms with Crippen LogP contribution in [-0.2, 0) is 6.42 Å². The summed E-state index contributed by atoms with van der Waals surface area (Å²) >= 11 is 0. The van der Waals surface area contributed by atoms with E-state index in [1.54, 1.807) is 12.1 Å². The van der Waals surface area contributed by atoms with E-state index in [9.17, 15) is 13.2 Å². The molecule has 0 spiro atoms. The van der Waals surface area contributed by atoms with E-state index in [1.165, 1.54) is 0 Å². The van der Waals surface area contributed by atoms with Crippen molar-refractivity contribution in [1.29, 1.82) is 0 Å². The number of aliphatic hydroxyl groups is 2. The van der Waals surface area contributed by atoms with Crippen LogP contribution in [-0.4, -0.2) is 28.8 Å². The summed E-state index contributed by atoms with van der Waals surface area (Å²) in [5.74, 6) is 0.246. The van der Waals surface area contributed by atoms with Gasteiger partial charge >= 0.3 is 6.18 Å². The lowest BCUT2D eigenvalue weighted by Gasteiger charge is -2.31. The molecular weight excluding hydrogens is 285 g/mol. The lowest BCUT2D eigenvalue weighted by Crippen LogP contribution is -2.40. The number of allylic oxidation sites excluding steroid dienone is 1. The summed E-state index contributed by atoms with van der Waals surface area (Å²) in [5, 5.41) is 18.3. The topological polar surface area (TPSA) is 49.7 Å². The van der Waals surface area contributed by atoms with Crippen LogP contribution in [0.4, 0.5) is 13.2 Å². The van der Waals surface area contributed by atoms with E-state index in [0.717, 1.165) is 23.6 Å². The highest BCUT2D eigenvalue weighted by Crippen LogP contribution is 2.41. The Kier molecular flexibility index (Phi) is 3.30. The van der Waals surface area contributed by atoms with Crippen molar-refractivity contribution < 1.29 is 28.1 Å². The quantitative estimate of drug-likeness (QED) is 0.784. The maximum absolute atomic E-state index is 13.1. The lowest BCUT2D eigenvalue weighted by atomic mass is 9.89. The number of hydrogen-bond donors (Lipinski definition) is 2. The van der Waals surface area contributed by atoms with Crippen molar-refractivity contribution in [3.05, 3.63) is 40.5 Å². The molecule has 1 unspecified atom stereocenters. The second-order valence-electron chi connectivity index (χ2n) is 5.04. The van der Waals surface area contributed by atoms with Crippen molar-refractivity contribution in [2.24, 2.45) is 0 Å². The number of halogens is 3. The van der Waals surface area contributed by atoms with Crippen LogP contribution in [0.25, 0.3) is 12.2 Å². The van der Waals surface area contributed by atoms with Gasteiger partial charge in [-0.25, -0.2) is 0 Å². The Morgan fingerprint density at radius 3 is 2.67 bits per heavy atom. The average Bonchev–Trinajstić information content (AvgIpc) is 2.44. The first kappa shape index (κ1) is 14.2. The Morgan fingerprint density at radius 1 is 1.24 bits per heavy atom. The third-order valence-corrected chi connectivity index (χ3v) is 3.67. The van der Waals surface area contributed by atoms with E-state index in [-0.39, 0.29) is 5.75 Å². The van der Waals surface area contributed by atoms with Crippen molar-refractivity contribution in [2.75, 3.05) is 0 Å². The van der Waals surface area contributed by atoms with Crippen LogP contribution >= 0.6 is 0 Å². The highest BCUT2D eigenvalue weighted by molar-refractivity contribution is 5.73. The number of hydrogen-bond acceptors (Lipinski definition) is 3. The zero-order chi connectivity index (χ0) is 15.2. The molecule has 0 radical (unpaired) electrons. The van der Waals surface area contributed by atoms with Crippen LogP contribution < -0.4 is 4.74 Å². The molecule has 3 rings (SSSR count). The second kappa shape index (κ2) is 4.89. The van der Waals surface area contributed by atoms with Gasteiger partial charge in [-0.3, -0.25) is 0 Å². The maximum atomic E-state index is 13.1. The summed E-state index contributed by atoms with van der Waals surface area (Å²) in [5.41, 5.74) is 0.959. The Hall–Kier alpha value is -1.79. The molecule has 1 atom stereocenters. The predicted molar refractivity (Wildman–Crippen MR) is 70.5 cm³/mol. The van der Waals surface area contributed by atoms with Crippen molar-refractivity contribution >= 4 is 12.2 Å². The zero-order valence-corrected chi connectivity index (χ0v) is 10.9. The molecule has 1 aromatic rings. The fourth-order valence-electron chi connectivity index (χ4n) is 2.70. The van der Waals surface area contributed by atoms with Crippen molar-refractivity contribution in [2.45, 2.75) is 31.4 Å². The molecule has 0 bridgehead atoms. The highest BCUT2D eigenvalue weighted by Gasteiger charge is 2.45. The summed E-state index contributed by atoms with van der Waals surface area (Å²) in [6.45, 7) is 0. The fraction of sp³-hybridized carbons (Fsp3) is 0.333. The Morgan fingerprint density at radius 2 is 2.00 bits per heavy atom. The largest absolute Gasteiger partial charge is 0.480 e. The monoisotopic (exact) mass is 298 g/mol. The van der Waals surface area contributed by atoms with Gasteiger partial charge in [0.1, 0.15) is 5.75 Å². The zero-order valence-electron chi connectivity index (χ0n) is 10.9. The van der Waals surface area contributed by atoms with Crippen LogP contribution in [0.15, 0.2) is 23.8 Å². The van der Waals surface area contributed by atoms with Crippen LogP contribution in [0.3, 0.4) is 0 Å². The SMILES string of the molecule is OC(O)C1Oc2ccc3c(c2C=C1C(F)(F)F)CCC=C3. The standard InChI is InChI=1S/C15H13F3O3/c16-15(17,18)11-7-10-9-4-2-1-3-8(9)5-6-12(10)21-13(11)14(19)20/h1,3,5-7,13-14,19-20H,2,4H2. The summed E-state index contributed by atoms with van der Waals surface area (Å²) in [7, 11) is 0. The molecular formula is C15H13F3O3. The van der Waals surface area contributed by atoms with Gasteiger partial charge in [0.25, 0.3) is 0 Å². The molecule has 0 fully saturated rings. The van der Waals surface area contributed by atoms with Crippen LogP contribution in [0.5, 0.6) is 5.75 Å². The molecule has 21 heavy (non-hydrogen) atoms. The Bertz CT molecular complexity index is 630. The number of benzene rings is 1. The van der Waals surface area contributed by atoms with Gasteiger partial charge in [0, 0.05) is 5.56 Å². The van der Waals surface area contributed by atoms with Gasteiger partial charge in [0.05, 0.1) is 5.57 Å². The minimum absolute atomic E-state index is 0.246. The molecule has 0 saturated carbocycles. The van der Waals surface area contributed by atoms with Gasteiger partial charge in [-0.05, 0) is 36.1 Å². The van der Waals surface area contributed by atoms with Gasteiger partial charge in [-0.1, -0.05) is 18.2 Å². The molecule has 2 aliphatic rings.